The van der Waals surface area contributed by atoms with E-state index in [1.807, 2.05) is 0 Å². The summed E-state index contributed by atoms with van der Waals surface area (Å²) in [4.78, 5) is 11.2. The van der Waals surface area contributed by atoms with Gasteiger partial charge in [-0.25, -0.2) is 4.79 Å². The zero-order chi connectivity index (χ0) is 14.6. The Morgan fingerprint density at radius 2 is 2.16 bits per heavy atom. The molecule has 0 aliphatic rings. The topological polar surface area (TPSA) is 50.1 Å². The van der Waals surface area contributed by atoms with Gasteiger partial charge in [-0.15, -0.1) is 0 Å². The van der Waals surface area contributed by atoms with Crippen LogP contribution in [0, 0.1) is 14.9 Å². The Labute approximate surface area is 125 Å². The molecule has 0 bridgehead atoms. The number of hydrogen-bond donors (Lipinski definition) is 0. The number of thioether (sulfide) groups is 1. The smallest absolute Gasteiger partial charge is 0.446 e. The fraction of sp³-hybridized carbons (Fsp3) is 0.273. The second kappa shape index (κ2) is 6.47. The van der Waals surface area contributed by atoms with Crippen LogP contribution in [0.25, 0.3) is 0 Å². The third-order valence-electron chi connectivity index (χ3n) is 1.90. The van der Waals surface area contributed by atoms with Gasteiger partial charge in [-0.2, -0.15) is 18.4 Å². The number of nitrogens with zero attached hydrogens (tertiary/aromatic N) is 1. The van der Waals surface area contributed by atoms with Crippen molar-refractivity contribution in [2.24, 2.45) is 0 Å². The van der Waals surface area contributed by atoms with Crippen LogP contribution in [0.1, 0.15) is 22.8 Å². The lowest BCUT2D eigenvalue weighted by atomic mass is 10.1. The van der Waals surface area contributed by atoms with E-state index in [-0.39, 0.29) is 26.2 Å². The largest absolute Gasteiger partial charge is 0.462 e. The molecule has 0 N–H and O–H groups in total. The van der Waals surface area contributed by atoms with Crippen molar-refractivity contribution in [2.75, 3.05) is 6.61 Å². The summed E-state index contributed by atoms with van der Waals surface area (Å²) in [6.07, 6.45) is 0. The van der Waals surface area contributed by atoms with Crippen LogP contribution in [0.4, 0.5) is 13.2 Å². The SMILES string of the molecule is CCOC(=O)c1cc(I)c(C#N)c(SC(F)(F)F)c1. The summed E-state index contributed by atoms with van der Waals surface area (Å²) in [5.41, 5.74) is -4.63. The van der Waals surface area contributed by atoms with E-state index in [1.54, 1.807) is 35.6 Å². The number of carbonyl (C=O) groups excluding carboxylic acids is 1. The Morgan fingerprint density at radius 1 is 1.53 bits per heavy atom. The Kier molecular flexibility index (Phi) is 5.49. The summed E-state index contributed by atoms with van der Waals surface area (Å²) < 4.78 is 42.2. The first-order valence-electron chi connectivity index (χ1n) is 4.95. The van der Waals surface area contributed by atoms with Crippen LogP contribution < -0.4 is 0 Å². The highest BCUT2D eigenvalue weighted by molar-refractivity contribution is 14.1. The number of rotatable bonds is 3. The van der Waals surface area contributed by atoms with Gasteiger partial charge in [-0.05, 0) is 53.4 Å². The monoisotopic (exact) mass is 401 g/mol. The molecule has 3 nitrogen and oxygen atoms in total. The Morgan fingerprint density at radius 3 is 2.63 bits per heavy atom. The third kappa shape index (κ3) is 4.58. The van der Waals surface area contributed by atoms with Crippen LogP contribution in [-0.4, -0.2) is 18.1 Å². The molecule has 1 rings (SSSR count). The highest BCUT2D eigenvalue weighted by Crippen LogP contribution is 2.40. The highest BCUT2D eigenvalue weighted by atomic mass is 127. The van der Waals surface area contributed by atoms with Gasteiger partial charge in [0.05, 0.1) is 17.7 Å². The van der Waals surface area contributed by atoms with Gasteiger partial charge in [0, 0.05) is 8.47 Å². The Balaban J connectivity index is 3.27. The van der Waals surface area contributed by atoms with E-state index in [9.17, 15) is 18.0 Å². The Bertz CT molecular complexity index is 540. The molecule has 0 radical (unpaired) electrons. The van der Waals surface area contributed by atoms with Crippen LogP contribution >= 0.6 is 34.4 Å². The molecule has 0 atom stereocenters. The van der Waals surface area contributed by atoms with Crippen molar-refractivity contribution in [3.63, 3.8) is 0 Å². The maximum absolute atomic E-state index is 12.4. The molecule has 0 aliphatic heterocycles. The average Bonchev–Trinajstić information content (AvgIpc) is 2.26. The molecule has 0 unspecified atom stereocenters. The normalized spacial score (nSPS) is 10.9. The number of benzene rings is 1. The fourth-order valence-electron chi connectivity index (χ4n) is 1.23. The van der Waals surface area contributed by atoms with E-state index < -0.39 is 23.2 Å². The minimum absolute atomic E-state index is 0.00278. The summed E-state index contributed by atoms with van der Waals surface area (Å²) in [7, 11) is 0. The van der Waals surface area contributed by atoms with Crippen LogP contribution in [0.5, 0.6) is 0 Å². The van der Waals surface area contributed by atoms with E-state index in [1.165, 1.54) is 6.07 Å². The summed E-state index contributed by atoms with van der Waals surface area (Å²) in [5, 5.41) is 8.88. The average molecular weight is 401 g/mol. The molecule has 0 aromatic heterocycles. The molecule has 0 fully saturated rings. The van der Waals surface area contributed by atoms with E-state index in [0.717, 1.165) is 6.07 Å². The second-order valence-electron chi connectivity index (χ2n) is 3.21. The van der Waals surface area contributed by atoms with Crippen molar-refractivity contribution in [3.05, 3.63) is 26.8 Å². The van der Waals surface area contributed by atoms with Crippen LogP contribution in [-0.2, 0) is 4.74 Å². The predicted molar refractivity (Wildman–Crippen MR) is 71.7 cm³/mol. The molecule has 102 valence electrons. The van der Waals surface area contributed by atoms with Gasteiger partial charge < -0.3 is 4.74 Å². The molecule has 8 heteroatoms. The van der Waals surface area contributed by atoms with E-state index in [4.69, 9.17) is 10.00 Å². The molecular weight excluding hydrogens is 394 g/mol. The molecule has 1 aromatic rings. The van der Waals surface area contributed by atoms with Gasteiger partial charge in [0.25, 0.3) is 0 Å². The number of alkyl halides is 3. The number of ether oxygens (including phenoxy) is 1. The van der Waals surface area contributed by atoms with Gasteiger partial charge in [-0.1, -0.05) is 0 Å². The number of carbonyl (C=O) groups is 1. The minimum Gasteiger partial charge on any atom is -0.462 e. The molecule has 0 saturated heterocycles. The minimum atomic E-state index is -4.53. The standard InChI is InChI=1S/C11H7F3INO2S/c1-2-18-10(17)6-3-8(15)7(5-16)9(4-6)19-11(12,13)14/h3-4H,2H2,1H3. The summed E-state index contributed by atoms with van der Waals surface area (Å²) in [6, 6.07) is 4.06. The van der Waals surface area contributed by atoms with Crippen LogP contribution in [0.15, 0.2) is 17.0 Å². The summed E-state index contributed by atoms with van der Waals surface area (Å²) >= 11 is 1.29. The molecule has 0 heterocycles. The van der Waals surface area contributed by atoms with Gasteiger partial charge in [-0.3, -0.25) is 0 Å². The lowest BCUT2D eigenvalue weighted by Crippen LogP contribution is -2.07. The van der Waals surface area contributed by atoms with Crippen molar-refractivity contribution in [3.8, 4) is 6.07 Å². The van der Waals surface area contributed by atoms with Crippen LogP contribution in [0.2, 0.25) is 0 Å². The van der Waals surface area contributed by atoms with Gasteiger partial charge in [0.2, 0.25) is 0 Å². The molecule has 0 saturated carbocycles. The van der Waals surface area contributed by atoms with E-state index >= 15 is 0 Å². The maximum Gasteiger partial charge on any atom is 0.446 e. The molecule has 0 aliphatic carbocycles. The molecular formula is C11H7F3INO2S. The van der Waals surface area contributed by atoms with Crippen molar-refractivity contribution >= 4 is 40.3 Å². The van der Waals surface area contributed by atoms with Crippen LogP contribution in [0.3, 0.4) is 0 Å². The molecule has 0 spiro atoms. The number of halogens is 4. The Hall–Kier alpha value is -0.950. The number of hydrogen-bond acceptors (Lipinski definition) is 4. The van der Waals surface area contributed by atoms with Crippen molar-refractivity contribution in [1.29, 1.82) is 5.26 Å². The number of esters is 1. The maximum atomic E-state index is 12.4. The molecule has 19 heavy (non-hydrogen) atoms. The van der Waals surface area contributed by atoms with E-state index in [0.29, 0.717) is 0 Å². The van der Waals surface area contributed by atoms with Crippen molar-refractivity contribution in [1.82, 2.24) is 0 Å². The molecule has 1 aromatic carbocycles. The van der Waals surface area contributed by atoms with Gasteiger partial charge >= 0.3 is 11.5 Å². The second-order valence-corrected chi connectivity index (χ2v) is 5.48. The van der Waals surface area contributed by atoms with E-state index in [2.05, 4.69) is 0 Å². The first kappa shape index (κ1) is 16.1. The van der Waals surface area contributed by atoms with Gasteiger partial charge in [0.15, 0.2) is 0 Å². The highest BCUT2D eigenvalue weighted by Gasteiger charge is 2.31. The summed E-state index contributed by atoms with van der Waals surface area (Å²) in [6.45, 7) is 1.72. The first-order valence-corrected chi connectivity index (χ1v) is 6.84. The molecule has 0 amide bonds. The third-order valence-corrected chi connectivity index (χ3v) is 3.53. The quantitative estimate of drug-likeness (QED) is 0.437. The summed E-state index contributed by atoms with van der Waals surface area (Å²) in [5.74, 6) is -0.714. The predicted octanol–water partition coefficient (Wildman–Crippen LogP) is 3.95. The fourth-order valence-corrected chi connectivity index (χ4v) is 2.85. The van der Waals surface area contributed by atoms with Crippen molar-refractivity contribution in [2.45, 2.75) is 17.3 Å². The van der Waals surface area contributed by atoms with Gasteiger partial charge in [0.1, 0.15) is 6.07 Å². The lowest BCUT2D eigenvalue weighted by molar-refractivity contribution is -0.0328. The zero-order valence-corrected chi connectivity index (χ0v) is 12.5. The lowest BCUT2D eigenvalue weighted by Gasteiger charge is -2.10. The van der Waals surface area contributed by atoms with Crippen molar-refractivity contribution < 1.29 is 22.7 Å². The zero-order valence-electron chi connectivity index (χ0n) is 9.55. The number of nitriles is 1. The first-order chi connectivity index (χ1) is 8.78.